The highest BCUT2D eigenvalue weighted by Crippen LogP contribution is 2.02. The molecule has 0 radical (unpaired) electrons. The van der Waals surface area contributed by atoms with Crippen molar-refractivity contribution in [2.45, 2.75) is 19.1 Å². The van der Waals surface area contributed by atoms with Crippen molar-refractivity contribution in [2.75, 3.05) is 21.1 Å². The maximum atomic E-state index is 11.2. The maximum Gasteiger partial charge on any atom is 0.303 e. The van der Waals surface area contributed by atoms with E-state index in [1.165, 1.54) is 0 Å². The molecule has 0 aromatic rings. The molecule has 0 aliphatic carbocycles. The summed E-state index contributed by atoms with van der Waals surface area (Å²) in [6.45, 7) is 0. The topological polar surface area (TPSA) is 60.4 Å². The van der Waals surface area contributed by atoms with Crippen LogP contribution in [0.1, 0.15) is 12.8 Å². The fourth-order valence-electron chi connectivity index (χ4n) is 0.634. The first-order valence-corrected chi connectivity index (χ1v) is 3.53. The maximum absolute atomic E-state index is 11.2. The van der Waals surface area contributed by atoms with E-state index in [1.807, 2.05) is 0 Å². The summed E-state index contributed by atoms with van der Waals surface area (Å²) in [7, 11) is 5.29. The highest BCUT2D eigenvalue weighted by atomic mass is 16.4. The van der Waals surface area contributed by atoms with E-state index in [0.29, 0.717) is 0 Å². The second-order valence-electron chi connectivity index (χ2n) is 3.50. The molecule has 0 spiro atoms. The standard InChI is InChI=1S/C7H15NO3/c1-8(2,3)6(9)4-5-7(10)11/h6H,4-5H2,1-3H3,(H,10,11). The zero-order valence-electron chi connectivity index (χ0n) is 7.20. The van der Waals surface area contributed by atoms with Crippen LogP contribution in [0.25, 0.3) is 0 Å². The van der Waals surface area contributed by atoms with Crippen LogP contribution in [0.2, 0.25) is 0 Å². The predicted octanol–water partition coefficient (Wildman–Crippen LogP) is -0.756. The Hall–Kier alpha value is -0.610. The van der Waals surface area contributed by atoms with E-state index in [4.69, 9.17) is 5.11 Å². The van der Waals surface area contributed by atoms with Crippen LogP contribution in [-0.2, 0) is 4.79 Å². The molecule has 11 heavy (non-hydrogen) atoms. The number of aliphatic carboxylic acids is 1. The van der Waals surface area contributed by atoms with Crippen LogP contribution >= 0.6 is 0 Å². The quantitative estimate of drug-likeness (QED) is 0.435. The molecule has 1 N–H and O–H groups in total. The van der Waals surface area contributed by atoms with Gasteiger partial charge >= 0.3 is 5.97 Å². The van der Waals surface area contributed by atoms with Crippen LogP contribution < -0.4 is 5.11 Å². The minimum atomic E-state index is -0.903. The van der Waals surface area contributed by atoms with Gasteiger partial charge < -0.3 is 14.7 Å². The molecule has 1 unspecified atom stereocenters. The number of hydrogen-bond donors (Lipinski definition) is 1. The molecule has 66 valence electrons. The lowest BCUT2D eigenvalue weighted by Crippen LogP contribution is -2.53. The third-order valence-electron chi connectivity index (χ3n) is 1.47. The third kappa shape index (κ3) is 4.75. The first-order valence-electron chi connectivity index (χ1n) is 3.53. The Balaban J connectivity index is 3.70. The molecule has 1 atom stereocenters. The molecule has 0 fully saturated rings. The van der Waals surface area contributed by atoms with Crippen molar-refractivity contribution in [1.29, 1.82) is 0 Å². The van der Waals surface area contributed by atoms with Crippen LogP contribution in [0.4, 0.5) is 0 Å². The van der Waals surface area contributed by atoms with E-state index in [-0.39, 0.29) is 17.3 Å². The van der Waals surface area contributed by atoms with Gasteiger partial charge in [0.2, 0.25) is 0 Å². The predicted molar refractivity (Wildman–Crippen MR) is 38.7 cm³/mol. The summed E-state index contributed by atoms with van der Waals surface area (Å²) in [6, 6.07) is 0. The van der Waals surface area contributed by atoms with Gasteiger partial charge in [0.05, 0.1) is 21.1 Å². The molecular weight excluding hydrogens is 146 g/mol. The minimum Gasteiger partial charge on any atom is -0.806 e. The smallest absolute Gasteiger partial charge is 0.303 e. The van der Waals surface area contributed by atoms with Crippen molar-refractivity contribution < 1.29 is 19.5 Å². The Morgan fingerprint density at radius 1 is 1.55 bits per heavy atom. The molecule has 0 saturated carbocycles. The van der Waals surface area contributed by atoms with Gasteiger partial charge in [0, 0.05) is 12.6 Å². The minimum absolute atomic E-state index is 0.0380. The summed E-state index contributed by atoms with van der Waals surface area (Å²) in [5.41, 5.74) is 0. The Morgan fingerprint density at radius 3 is 2.27 bits per heavy atom. The van der Waals surface area contributed by atoms with E-state index in [2.05, 4.69) is 0 Å². The summed E-state index contributed by atoms with van der Waals surface area (Å²) >= 11 is 0. The first kappa shape index (κ1) is 10.4. The number of carbonyl (C=O) groups is 1. The van der Waals surface area contributed by atoms with E-state index in [0.717, 1.165) is 0 Å². The second kappa shape index (κ2) is 3.69. The molecule has 0 bridgehead atoms. The van der Waals surface area contributed by atoms with Gasteiger partial charge in [-0.2, -0.15) is 0 Å². The molecule has 0 aliphatic heterocycles. The number of quaternary nitrogens is 1. The highest BCUT2D eigenvalue weighted by molar-refractivity contribution is 5.66. The number of nitrogens with zero attached hydrogens (tertiary/aromatic N) is 1. The molecule has 4 nitrogen and oxygen atoms in total. The number of carboxylic acid groups (broad SMARTS) is 1. The molecule has 0 aromatic heterocycles. The van der Waals surface area contributed by atoms with E-state index < -0.39 is 12.2 Å². The molecular formula is C7H15NO3. The zero-order chi connectivity index (χ0) is 9.07. The van der Waals surface area contributed by atoms with Gasteiger partial charge in [-0.15, -0.1) is 0 Å². The number of hydrogen-bond acceptors (Lipinski definition) is 2. The fraction of sp³-hybridized carbons (Fsp3) is 0.857. The largest absolute Gasteiger partial charge is 0.806 e. The van der Waals surface area contributed by atoms with Crippen molar-refractivity contribution >= 4 is 5.97 Å². The van der Waals surface area contributed by atoms with Gasteiger partial charge in [-0.25, -0.2) is 0 Å². The third-order valence-corrected chi connectivity index (χ3v) is 1.47. The lowest BCUT2D eigenvalue weighted by molar-refractivity contribution is -0.969. The van der Waals surface area contributed by atoms with Crippen LogP contribution in [-0.4, -0.2) is 42.9 Å². The Bertz CT molecular complexity index is 139. The summed E-state index contributed by atoms with van der Waals surface area (Å²) in [5, 5.41) is 19.4. The lowest BCUT2D eigenvalue weighted by atomic mass is 10.2. The first-order chi connectivity index (χ1) is 4.84. The number of rotatable bonds is 4. The monoisotopic (exact) mass is 161 g/mol. The summed E-state index contributed by atoms with van der Waals surface area (Å²) in [6.07, 6.45) is -0.686. The van der Waals surface area contributed by atoms with Crippen molar-refractivity contribution in [2.24, 2.45) is 0 Å². The second-order valence-corrected chi connectivity index (χ2v) is 3.50. The van der Waals surface area contributed by atoms with Gasteiger partial charge in [-0.3, -0.25) is 4.79 Å². The summed E-state index contributed by atoms with van der Waals surface area (Å²) in [5.74, 6) is -0.903. The average Bonchev–Trinajstić information content (AvgIpc) is 1.80. The zero-order valence-corrected chi connectivity index (χ0v) is 7.20. The molecule has 0 heterocycles. The van der Waals surface area contributed by atoms with Crippen molar-refractivity contribution in [3.05, 3.63) is 0 Å². The fourth-order valence-corrected chi connectivity index (χ4v) is 0.634. The van der Waals surface area contributed by atoms with Gasteiger partial charge in [-0.1, -0.05) is 0 Å². The Labute approximate surface area is 66.6 Å². The lowest BCUT2D eigenvalue weighted by Gasteiger charge is -2.38. The SMILES string of the molecule is C[N+](C)(C)C([O-])CCC(=O)O. The summed E-state index contributed by atoms with van der Waals surface area (Å²) < 4.78 is 0.271. The molecule has 4 heteroatoms. The van der Waals surface area contributed by atoms with E-state index >= 15 is 0 Å². The van der Waals surface area contributed by atoms with E-state index in [9.17, 15) is 9.90 Å². The van der Waals surface area contributed by atoms with Crippen LogP contribution in [0.3, 0.4) is 0 Å². The Morgan fingerprint density at radius 2 is 2.00 bits per heavy atom. The average molecular weight is 161 g/mol. The van der Waals surface area contributed by atoms with Crippen LogP contribution in [0.5, 0.6) is 0 Å². The van der Waals surface area contributed by atoms with Crippen molar-refractivity contribution in [3.8, 4) is 0 Å². The van der Waals surface area contributed by atoms with Gasteiger partial charge in [0.1, 0.15) is 0 Å². The van der Waals surface area contributed by atoms with Gasteiger partial charge in [0.15, 0.2) is 0 Å². The van der Waals surface area contributed by atoms with Crippen molar-refractivity contribution in [3.63, 3.8) is 0 Å². The number of carboxylic acids is 1. The molecule has 0 amide bonds. The highest BCUT2D eigenvalue weighted by Gasteiger charge is 2.12. The molecule has 0 saturated heterocycles. The summed E-state index contributed by atoms with van der Waals surface area (Å²) in [4.78, 5) is 10.1. The Kier molecular flexibility index (Phi) is 3.48. The molecule has 0 aliphatic rings. The van der Waals surface area contributed by atoms with E-state index in [1.54, 1.807) is 21.1 Å². The van der Waals surface area contributed by atoms with Crippen LogP contribution in [0.15, 0.2) is 0 Å². The molecule has 0 rings (SSSR count). The van der Waals surface area contributed by atoms with Gasteiger partial charge in [-0.05, 0) is 6.42 Å². The van der Waals surface area contributed by atoms with Crippen LogP contribution in [0, 0.1) is 0 Å². The molecule has 0 aromatic carbocycles. The normalized spacial score (nSPS) is 14.5. The van der Waals surface area contributed by atoms with Gasteiger partial charge in [0.25, 0.3) is 0 Å². The van der Waals surface area contributed by atoms with Crippen molar-refractivity contribution in [1.82, 2.24) is 0 Å².